The number of aryl methyl sites for hydroxylation is 2. The van der Waals surface area contributed by atoms with Gasteiger partial charge in [0.05, 0.1) is 17.4 Å². The first-order chi connectivity index (χ1) is 12.5. The van der Waals surface area contributed by atoms with E-state index in [-0.39, 0.29) is 12.0 Å². The third-order valence-corrected chi connectivity index (χ3v) is 4.66. The zero-order valence-corrected chi connectivity index (χ0v) is 15.1. The van der Waals surface area contributed by atoms with Crippen LogP contribution in [0.3, 0.4) is 0 Å². The molecule has 1 saturated heterocycles. The molecule has 26 heavy (non-hydrogen) atoms. The van der Waals surface area contributed by atoms with Crippen LogP contribution in [0.25, 0.3) is 0 Å². The smallest absolute Gasteiger partial charge is 0.255 e. The molecule has 0 aliphatic carbocycles. The van der Waals surface area contributed by atoms with E-state index in [4.69, 9.17) is 0 Å². The minimum Gasteiger partial charge on any atom is -0.393 e. The molecule has 0 bridgehead atoms. The molecule has 5 nitrogen and oxygen atoms in total. The van der Waals surface area contributed by atoms with Crippen LogP contribution in [0.4, 0.5) is 11.4 Å². The lowest BCUT2D eigenvalue weighted by atomic mass is 10.0. The molecule has 2 N–H and O–H groups in total. The zero-order valence-electron chi connectivity index (χ0n) is 15.1. The van der Waals surface area contributed by atoms with Gasteiger partial charge in [-0.2, -0.15) is 5.26 Å². The molecular weight excluding hydrogens is 326 g/mol. The van der Waals surface area contributed by atoms with E-state index in [0.717, 1.165) is 29.9 Å². The van der Waals surface area contributed by atoms with Gasteiger partial charge in [0.15, 0.2) is 0 Å². The van der Waals surface area contributed by atoms with Crippen LogP contribution in [0.1, 0.15) is 39.9 Å². The number of hydrogen-bond donors (Lipinski definition) is 2. The van der Waals surface area contributed by atoms with Crippen molar-refractivity contribution in [1.82, 2.24) is 0 Å². The van der Waals surface area contributed by atoms with Crippen molar-refractivity contribution >= 4 is 17.3 Å². The second-order valence-corrected chi connectivity index (χ2v) is 6.89. The van der Waals surface area contributed by atoms with Crippen molar-refractivity contribution in [1.29, 1.82) is 5.26 Å². The summed E-state index contributed by atoms with van der Waals surface area (Å²) >= 11 is 0. The summed E-state index contributed by atoms with van der Waals surface area (Å²) in [7, 11) is 0. The zero-order chi connectivity index (χ0) is 18.7. The Morgan fingerprint density at radius 2 is 1.81 bits per heavy atom. The largest absolute Gasteiger partial charge is 0.393 e. The Kier molecular flexibility index (Phi) is 5.24. The molecule has 0 unspecified atom stereocenters. The molecule has 0 spiro atoms. The standard InChI is InChI=1S/C21H23N3O2/c1-14-9-15(2)11-16(10-14)21(26)23-18-3-4-20(17(12-18)13-22)24-7-5-19(25)6-8-24/h3-4,9-12,19,25H,5-8H2,1-2H3,(H,23,26). The normalized spacial score (nSPS) is 14.8. The lowest BCUT2D eigenvalue weighted by Crippen LogP contribution is -2.36. The van der Waals surface area contributed by atoms with E-state index in [9.17, 15) is 15.2 Å². The molecule has 5 heteroatoms. The summed E-state index contributed by atoms with van der Waals surface area (Å²) in [5.74, 6) is -0.186. The number of aliphatic hydroxyl groups excluding tert-OH is 1. The summed E-state index contributed by atoms with van der Waals surface area (Å²) in [6, 6.07) is 13.3. The first-order valence-electron chi connectivity index (χ1n) is 8.83. The summed E-state index contributed by atoms with van der Waals surface area (Å²) in [6.07, 6.45) is 1.15. The van der Waals surface area contributed by atoms with Crippen molar-refractivity contribution in [2.45, 2.75) is 32.8 Å². The molecule has 1 aliphatic heterocycles. The maximum Gasteiger partial charge on any atom is 0.255 e. The van der Waals surface area contributed by atoms with Gasteiger partial charge in [0.1, 0.15) is 6.07 Å². The molecule has 1 heterocycles. The van der Waals surface area contributed by atoms with Crippen molar-refractivity contribution in [2.75, 3.05) is 23.3 Å². The summed E-state index contributed by atoms with van der Waals surface area (Å²) in [5.41, 5.74) is 4.66. The second-order valence-electron chi connectivity index (χ2n) is 6.89. The van der Waals surface area contributed by atoms with Gasteiger partial charge < -0.3 is 15.3 Å². The van der Waals surface area contributed by atoms with E-state index >= 15 is 0 Å². The van der Waals surface area contributed by atoms with Gasteiger partial charge in [0.2, 0.25) is 0 Å². The average Bonchev–Trinajstić information content (AvgIpc) is 2.61. The summed E-state index contributed by atoms with van der Waals surface area (Å²) in [6.45, 7) is 5.37. The maximum absolute atomic E-state index is 12.5. The molecule has 0 radical (unpaired) electrons. The van der Waals surface area contributed by atoms with E-state index in [1.165, 1.54) is 0 Å². The third-order valence-electron chi connectivity index (χ3n) is 4.66. The molecule has 1 fully saturated rings. The van der Waals surface area contributed by atoms with Crippen molar-refractivity contribution in [3.8, 4) is 6.07 Å². The number of nitriles is 1. The second kappa shape index (κ2) is 7.59. The molecule has 0 atom stereocenters. The topological polar surface area (TPSA) is 76.4 Å². The van der Waals surface area contributed by atoms with Gasteiger partial charge in [-0.25, -0.2) is 0 Å². The lowest BCUT2D eigenvalue weighted by molar-refractivity contribution is 0.102. The Bertz CT molecular complexity index is 842. The van der Waals surface area contributed by atoms with E-state index in [1.807, 2.05) is 44.2 Å². The summed E-state index contributed by atoms with van der Waals surface area (Å²) < 4.78 is 0. The van der Waals surface area contributed by atoms with Crippen LogP contribution in [0.5, 0.6) is 0 Å². The number of carbonyl (C=O) groups is 1. The molecule has 2 aromatic carbocycles. The van der Waals surface area contributed by atoms with Crippen LogP contribution in [0, 0.1) is 25.2 Å². The molecule has 1 aliphatic rings. The summed E-state index contributed by atoms with van der Waals surface area (Å²) in [4.78, 5) is 14.6. The molecule has 134 valence electrons. The Morgan fingerprint density at radius 3 is 2.42 bits per heavy atom. The number of benzene rings is 2. The van der Waals surface area contributed by atoms with E-state index in [0.29, 0.717) is 29.7 Å². The van der Waals surface area contributed by atoms with E-state index < -0.39 is 0 Å². The monoisotopic (exact) mass is 349 g/mol. The maximum atomic E-state index is 12.5. The highest BCUT2D eigenvalue weighted by Crippen LogP contribution is 2.27. The van der Waals surface area contributed by atoms with Gasteiger partial charge in [-0.15, -0.1) is 0 Å². The van der Waals surface area contributed by atoms with Crippen LogP contribution >= 0.6 is 0 Å². The van der Waals surface area contributed by atoms with Crippen LogP contribution in [0.2, 0.25) is 0 Å². The molecule has 0 aromatic heterocycles. The number of anilines is 2. The minimum absolute atomic E-state index is 0.186. The summed E-state index contributed by atoms with van der Waals surface area (Å²) in [5, 5.41) is 22.0. The van der Waals surface area contributed by atoms with Crippen LogP contribution in [-0.2, 0) is 0 Å². The van der Waals surface area contributed by atoms with Gasteiger partial charge in [-0.3, -0.25) is 4.79 Å². The predicted molar refractivity (Wildman–Crippen MR) is 102 cm³/mol. The highest BCUT2D eigenvalue weighted by molar-refractivity contribution is 6.04. The van der Waals surface area contributed by atoms with Crippen molar-refractivity contribution < 1.29 is 9.90 Å². The van der Waals surface area contributed by atoms with E-state index in [2.05, 4.69) is 16.3 Å². The highest BCUT2D eigenvalue weighted by atomic mass is 16.3. The molecular formula is C21H23N3O2. The van der Waals surface area contributed by atoms with Gasteiger partial charge in [-0.1, -0.05) is 17.2 Å². The number of rotatable bonds is 3. The quantitative estimate of drug-likeness (QED) is 0.890. The first kappa shape index (κ1) is 18.0. The Hall–Kier alpha value is -2.84. The van der Waals surface area contributed by atoms with Crippen molar-refractivity contribution in [3.63, 3.8) is 0 Å². The number of carbonyl (C=O) groups excluding carboxylic acids is 1. The van der Waals surface area contributed by atoms with Crippen LogP contribution < -0.4 is 10.2 Å². The van der Waals surface area contributed by atoms with E-state index in [1.54, 1.807) is 6.07 Å². The number of amides is 1. The van der Waals surface area contributed by atoms with Crippen LogP contribution in [-0.4, -0.2) is 30.2 Å². The Balaban J connectivity index is 1.79. The molecule has 1 amide bonds. The molecule has 3 rings (SSSR count). The van der Waals surface area contributed by atoms with Gasteiger partial charge in [0.25, 0.3) is 5.91 Å². The van der Waals surface area contributed by atoms with Crippen molar-refractivity contribution in [3.05, 3.63) is 58.7 Å². The fourth-order valence-electron chi connectivity index (χ4n) is 3.39. The minimum atomic E-state index is -0.256. The van der Waals surface area contributed by atoms with Gasteiger partial charge in [-0.05, 0) is 57.0 Å². The van der Waals surface area contributed by atoms with Gasteiger partial charge in [0, 0.05) is 24.3 Å². The number of hydrogen-bond acceptors (Lipinski definition) is 4. The first-order valence-corrected chi connectivity index (χ1v) is 8.83. The predicted octanol–water partition coefficient (Wildman–Crippen LogP) is 3.39. The Labute approximate surface area is 153 Å². The third kappa shape index (κ3) is 4.04. The number of nitrogens with one attached hydrogen (secondary N) is 1. The number of piperidine rings is 1. The number of aliphatic hydroxyl groups is 1. The van der Waals surface area contributed by atoms with Crippen LogP contribution in [0.15, 0.2) is 36.4 Å². The fraction of sp³-hybridized carbons (Fsp3) is 0.333. The average molecular weight is 349 g/mol. The highest BCUT2D eigenvalue weighted by Gasteiger charge is 2.20. The fourth-order valence-corrected chi connectivity index (χ4v) is 3.39. The molecule has 2 aromatic rings. The SMILES string of the molecule is Cc1cc(C)cc(C(=O)Nc2ccc(N3CCC(O)CC3)c(C#N)c2)c1. The van der Waals surface area contributed by atoms with Crippen molar-refractivity contribution in [2.24, 2.45) is 0 Å². The van der Waals surface area contributed by atoms with Gasteiger partial charge >= 0.3 is 0 Å². The lowest BCUT2D eigenvalue weighted by Gasteiger charge is -2.32. The number of nitrogens with zero attached hydrogens (tertiary/aromatic N) is 2. The molecule has 0 saturated carbocycles. The Morgan fingerprint density at radius 1 is 1.15 bits per heavy atom.